The maximum Gasteiger partial charge on any atom is 0.266 e. The molecule has 0 saturated carbocycles. The number of thiophene rings is 1. The van der Waals surface area contributed by atoms with Crippen LogP contribution in [0.25, 0.3) is 9.88 Å². The van der Waals surface area contributed by atoms with E-state index in [1.54, 1.807) is 11.3 Å². The summed E-state index contributed by atoms with van der Waals surface area (Å²) in [6, 6.07) is 4.44. The van der Waals surface area contributed by atoms with Gasteiger partial charge in [-0.2, -0.15) is 0 Å². The van der Waals surface area contributed by atoms with Crippen molar-refractivity contribution in [3.8, 4) is 9.88 Å². The Morgan fingerprint density at radius 3 is 2.87 bits per heavy atom. The zero-order chi connectivity index (χ0) is 16.2. The number of hydrogen-bond acceptors (Lipinski definition) is 5. The van der Waals surface area contributed by atoms with Gasteiger partial charge in [-0.1, -0.05) is 13.0 Å². The lowest BCUT2D eigenvalue weighted by Gasteiger charge is -2.34. The second-order valence-electron chi connectivity index (χ2n) is 5.89. The maximum absolute atomic E-state index is 13.1. The van der Waals surface area contributed by atoms with Gasteiger partial charge in [0.25, 0.3) is 5.91 Å². The molecule has 0 radical (unpaired) electrons. The lowest BCUT2D eigenvalue weighted by atomic mass is 10.0. The first-order chi connectivity index (χ1) is 11.2. The van der Waals surface area contributed by atoms with Gasteiger partial charge < -0.3 is 10.2 Å². The van der Waals surface area contributed by atoms with Gasteiger partial charge >= 0.3 is 0 Å². The summed E-state index contributed by atoms with van der Waals surface area (Å²) in [4.78, 5) is 21.8. The van der Waals surface area contributed by atoms with Gasteiger partial charge in [0, 0.05) is 12.6 Å². The number of nitrogens with zero attached hydrogens (tertiary/aromatic N) is 2. The van der Waals surface area contributed by atoms with Crippen molar-refractivity contribution in [2.75, 3.05) is 19.6 Å². The molecular weight excluding hydrogens is 326 g/mol. The topological polar surface area (TPSA) is 45.2 Å². The molecule has 0 aliphatic carbocycles. The summed E-state index contributed by atoms with van der Waals surface area (Å²) < 4.78 is 0. The van der Waals surface area contributed by atoms with Crippen molar-refractivity contribution >= 4 is 28.6 Å². The van der Waals surface area contributed by atoms with Crippen LogP contribution in [0.5, 0.6) is 0 Å². The van der Waals surface area contributed by atoms with Crippen molar-refractivity contribution in [3.05, 3.63) is 28.1 Å². The fourth-order valence-corrected chi connectivity index (χ4v) is 4.86. The van der Waals surface area contributed by atoms with Crippen LogP contribution in [-0.2, 0) is 0 Å². The first kappa shape index (κ1) is 16.6. The number of rotatable bonds is 5. The van der Waals surface area contributed by atoms with Gasteiger partial charge in [-0.3, -0.25) is 4.79 Å². The average Bonchev–Trinajstić information content (AvgIpc) is 3.22. The molecule has 0 aromatic carbocycles. The molecule has 4 nitrogen and oxygen atoms in total. The molecule has 1 N–H and O–H groups in total. The average molecular weight is 350 g/mol. The SMILES string of the molecule is CCCN(C(=O)c1sc(-c2cccs2)nc1C)C1CCNCC1. The molecule has 23 heavy (non-hydrogen) atoms. The molecule has 3 rings (SSSR count). The molecule has 2 aromatic rings. The van der Waals surface area contributed by atoms with Crippen LogP contribution in [0.15, 0.2) is 17.5 Å². The zero-order valence-electron chi connectivity index (χ0n) is 13.7. The molecular formula is C17H23N3OS2. The molecule has 124 valence electrons. The van der Waals surface area contributed by atoms with Crippen molar-refractivity contribution in [1.82, 2.24) is 15.2 Å². The Hall–Kier alpha value is -1.24. The molecule has 1 amide bonds. The molecule has 1 fully saturated rings. The Labute approximate surface area is 145 Å². The molecule has 0 spiro atoms. The van der Waals surface area contributed by atoms with E-state index in [2.05, 4.69) is 28.2 Å². The fourth-order valence-electron chi connectivity index (χ4n) is 3.04. The van der Waals surface area contributed by atoms with Crippen molar-refractivity contribution in [2.24, 2.45) is 0 Å². The molecule has 0 bridgehead atoms. The highest BCUT2D eigenvalue weighted by molar-refractivity contribution is 7.22. The second-order valence-corrected chi connectivity index (χ2v) is 7.84. The van der Waals surface area contributed by atoms with Gasteiger partial charge in [-0.05, 0) is 50.7 Å². The molecule has 0 unspecified atom stereocenters. The predicted molar refractivity (Wildman–Crippen MR) is 97.4 cm³/mol. The van der Waals surface area contributed by atoms with Crippen LogP contribution in [0, 0.1) is 6.92 Å². The van der Waals surface area contributed by atoms with Gasteiger partial charge in [0.05, 0.1) is 10.6 Å². The molecule has 1 aliphatic rings. The number of aryl methyl sites for hydroxylation is 1. The molecule has 6 heteroatoms. The Bertz CT molecular complexity index is 645. The second kappa shape index (κ2) is 7.55. The quantitative estimate of drug-likeness (QED) is 0.893. The third-order valence-corrected chi connectivity index (χ3v) is 6.38. The number of carbonyl (C=O) groups is 1. The first-order valence-corrected chi connectivity index (χ1v) is 9.93. The standard InChI is InChI=1S/C17H23N3OS2/c1-3-10-20(13-6-8-18-9-7-13)17(21)15-12(2)19-16(23-15)14-5-4-11-22-14/h4-5,11,13,18H,3,6-10H2,1-2H3. The Morgan fingerprint density at radius 2 is 2.22 bits per heavy atom. The van der Waals surface area contributed by atoms with Crippen LogP contribution in [0.4, 0.5) is 0 Å². The number of amides is 1. The highest BCUT2D eigenvalue weighted by Crippen LogP contribution is 2.32. The number of carbonyl (C=O) groups excluding carboxylic acids is 1. The fraction of sp³-hybridized carbons (Fsp3) is 0.529. The van der Waals surface area contributed by atoms with E-state index in [-0.39, 0.29) is 5.91 Å². The van der Waals surface area contributed by atoms with Crippen molar-refractivity contribution < 1.29 is 4.79 Å². The summed E-state index contributed by atoms with van der Waals surface area (Å²) in [6.07, 6.45) is 3.08. The van der Waals surface area contributed by atoms with Gasteiger partial charge in [0.2, 0.25) is 0 Å². The smallest absolute Gasteiger partial charge is 0.266 e. The number of piperidine rings is 1. The molecule has 1 aliphatic heterocycles. The van der Waals surface area contributed by atoms with E-state index >= 15 is 0 Å². The summed E-state index contributed by atoms with van der Waals surface area (Å²) in [6.45, 7) is 6.92. The number of thiazole rings is 1. The van der Waals surface area contributed by atoms with E-state index < -0.39 is 0 Å². The Kier molecular flexibility index (Phi) is 5.46. The summed E-state index contributed by atoms with van der Waals surface area (Å²) in [5.41, 5.74) is 0.860. The lowest BCUT2D eigenvalue weighted by Crippen LogP contribution is -2.46. The predicted octanol–water partition coefficient (Wildman–Crippen LogP) is 3.78. The van der Waals surface area contributed by atoms with E-state index in [0.29, 0.717) is 6.04 Å². The minimum atomic E-state index is 0.163. The van der Waals surface area contributed by atoms with Crippen molar-refractivity contribution in [1.29, 1.82) is 0 Å². The monoisotopic (exact) mass is 349 g/mol. The van der Waals surface area contributed by atoms with Crippen LogP contribution >= 0.6 is 22.7 Å². The summed E-state index contributed by atoms with van der Waals surface area (Å²) in [7, 11) is 0. The van der Waals surface area contributed by atoms with E-state index in [4.69, 9.17) is 0 Å². The first-order valence-electron chi connectivity index (χ1n) is 8.23. The summed E-state index contributed by atoms with van der Waals surface area (Å²) in [5.74, 6) is 0.163. The molecule has 2 aromatic heterocycles. The largest absolute Gasteiger partial charge is 0.335 e. The van der Waals surface area contributed by atoms with Gasteiger partial charge in [-0.25, -0.2) is 4.98 Å². The normalized spacial score (nSPS) is 15.7. The minimum Gasteiger partial charge on any atom is -0.335 e. The number of aromatic nitrogens is 1. The third-order valence-electron chi connectivity index (χ3n) is 4.20. The lowest BCUT2D eigenvalue weighted by molar-refractivity contribution is 0.0646. The zero-order valence-corrected chi connectivity index (χ0v) is 15.3. The van der Waals surface area contributed by atoms with Crippen LogP contribution in [0.1, 0.15) is 41.6 Å². The third kappa shape index (κ3) is 3.65. The van der Waals surface area contributed by atoms with Gasteiger partial charge in [0.15, 0.2) is 0 Å². The van der Waals surface area contributed by atoms with Crippen LogP contribution in [0.3, 0.4) is 0 Å². The van der Waals surface area contributed by atoms with Gasteiger partial charge in [-0.15, -0.1) is 22.7 Å². The van der Waals surface area contributed by atoms with Gasteiger partial charge in [0.1, 0.15) is 9.88 Å². The van der Waals surface area contributed by atoms with Crippen LogP contribution in [-0.4, -0.2) is 41.5 Å². The van der Waals surface area contributed by atoms with E-state index in [9.17, 15) is 4.79 Å². The minimum absolute atomic E-state index is 0.163. The molecule has 0 atom stereocenters. The molecule has 1 saturated heterocycles. The van der Waals surface area contributed by atoms with Crippen LogP contribution in [0.2, 0.25) is 0 Å². The van der Waals surface area contributed by atoms with Crippen LogP contribution < -0.4 is 5.32 Å². The van der Waals surface area contributed by atoms with Crippen molar-refractivity contribution in [2.45, 2.75) is 39.2 Å². The Morgan fingerprint density at radius 1 is 1.43 bits per heavy atom. The number of nitrogens with one attached hydrogen (secondary N) is 1. The summed E-state index contributed by atoms with van der Waals surface area (Å²) >= 11 is 3.21. The highest BCUT2D eigenvalue weighted by Gasteiger charge is 2.28. The van der Waals surface area contributed by atoms with E-state index in [1.807, 2.05) is 18.4 Å². The Balaban J connectivity index is 1.84. The van der Waals surface area contributed by atoms with Crippen molar-refractivity contribution in [3.63, 3.8) is 0 Å². The molecule has 3 heterocycles. The maximum atomic E-state index is 13.1. The number of hydrogen-bond donors (Lipinski definition) is 1. The highest BCUT2D eigenvalue weighted by atomic mass is 32.1. The van der Waals surface area contributed by atoms with E-state index in [0.717, 1.165) is 59.4 Å². The summed E-state index contributed by atoms with van der Waals surface area (Å²) in [5, 5.41) is 6.39. The van der Waals surface area contributed by atoms with E-state index in [1.165, 1.54) is 11.3 Å².